The molecule has 0 aromatic heterocycles. The van der Waals surface area contributed by atoms with Crippen LogP contribution in [0.3, 0.4) is 0 Å². The topological polar surface area (TPSA) is 38.3 Å². The fourth-order valence-corrected chi connectivity index (χ4v) is 1.63. The van der Waals surface area contributed by atoms with E-state index in [9.17, 15) is 4.79 Å². The average molecular weight is 273 g/mol. The van der Waals surface area contributed by atoms with Gasteiger partial charge in [0.1, 0.15) is 0 Å². The number of nitrogens with one attached hydrogen (secondary N) is 1. The monoisotopic (exact) mass is 273 g/mol. The summed E-state index contributed by atoms with van der Waals surface area (Å²) in [5.74, 6) is 0.191. The third-order valence-corrected chi connectivity index (χ3v) is 2.66. The molecule has 0 bridgehead atoms. The van der Waals surface area contributed by atoms with Crippen molar-refractivity contribution in [1.82, 2.24) is 5.32 Å². The third-order valence-electron chi connectivity index (χ3n) is 2.66. The predicted molar refractivity (Wildman–Crippen MR) is 81.7 cm³/mol. The van der Waals surface area contributed by atoms with Crippen LogP contribution in [0.15, 0.2) is 47.7 Å². The van der Waals surface area contributed by atoms with Crippen molar-refractivity contribution >= 4 is 5.97 Å². The fourth-order valence-electron chi connectivity index (χ4n) is 1.63. The molecule has 0 amide bonds. The van der Waals surface area contributed by atoms with E-state index in [1.165, 1.54) is 0 Å². The molecule has 0 aliphatic carbocycles. The maximum absolute atomic E-state index is 11.8. The van der Waals surface area contributed by atoms with Gasteiger partial charge in [0, 0.05) is 13.0 Å². The number of rotatable bonds is 7. The Labute approximate surface area is 121 Å². The van der Waals surface area contributed by atoms with Gasteiger partial charge in [-0.25, -0.2) is 4.79 Å². The SMILES string of the molecule is CNCC(=C=CC(C)C)CCOC(=O)c1ccccc1. The van der Waals surface area contributed by atoms with Gasteiger partial charge < -0.3 is 10.1 Å². The van der Waals surface area contributed by atoms with Crippen molar-refractivity contribution < 1.29 is 9.53 Å². The van der Waals surface area contributed by atoms with Gasteiger partial charge in [-0.2, -0.15) is 0 Å². The van der Waals surface area contributed by atoms with Crippen molar-refractivity contribution in [3.63, 3.8) is 0 Å². The maximum Gasteiger partial charge on any atom is 0.338 e. The second-order valence-corrected chi connectivity index (χ2v) is 4.94. The number of carbonyl (C=O) groups excluding carboxylic acids is 1. The average Bonchev–Trinajstić information content (AvgIpc) is 2.45. The zero-order valence-electron chi connectivity index (χ0n) is 12.5. The molecule has 3 nitrogen and oxygen atoms in total. The molecule has 0 saturated heterocycles. The summed E-state index contributed by atoms with van der Waals surface area (Å²) < 4.78 is 5.27. The van der Waals surface area contributed by atoms with E-state index in [0.29, 0.717) is 24.5 Å². The molecule has 0 aliphatic rings. The molecule has 20 heavy (non-hydrogen) atoms. The van der Waals surface area contributed by atoms with E-state index in [1.807, 2.05) is 31.3 Å². The Balaban J connectivity index is 2.49. The van der Waals surface area contributed by atoms with Gasteiger partial charge in [0.05, 0.1) is 12.2 Å². The van der Waals surface area contributed by atoms with Crippen molar-refractivity contribution in [2.45, 2.75) is 20.3 Å². The highest BCUT2D eigenvalue weighted by molar-refractivity contribution is 5.89. The first-order valence-corrected chi connectivity index (χ1v) is 6.94. The minimum atomic E-state index is -0.276. The molecule has 0 atom stereocenters. The molecule has 0 fully saturated rings. The highest BCUT2D eigenvalue weighted by Gasteiger charge is 2.06. The Morgan fingerprint density at radius 3 is 2.65 bits per heavy atom. The fraction of sp³-hybridized carbons (Fsp3) is 0.412. The first-order valence-electron chi connectivity index (χ1n) is 6.94. The van der Waals surface area contributed by atoms with Gasteiger partial charge in [-0.1, -0.05) is 32.0 Å². The summed E-state index contributed by atoms with van der Waals surface area (Å²) in [5.41, 5.74) is 4.97. The molecule has 0 unspecified atom stereocenters. The Hall–Kier alpha value is -1.83. The number of hydrogen-bond donors (Lipinski definition) is 1. The van der Waals surface area contributed by atoms with Crippen LogP contribution in [0, 0.1) is 5.92 Å². The second kappa shape index (κ2) is 9.13. The number of carbonyl (C=O) groups is 1. The van der Waals surface area contributed by atoms with E-state index in [2.05, 4.69) is 24.9 Å². The van der Waals surface area contributed by atoms with E-state index in [1.54, 1.807) is 12.1 Å². The van der Waals surface area contributed by atoms with Crippen molar-refractivity contribution in [2.75, 3.05) is 20.2 Å². The molecular formula is C17H23NO2. The minimum absolute atomic E-state index is 0.276. The van der Waals surface area contributed by atoms with Crippen molar-refractivity contribution in [3.8, 4) is 0 Å². The molecule has 1 aromatic carbocycles. The minimum Gasteiger partial charge on any atom is -0.462 e. The van der Waals surface area contributed by atoms with Gasteiger partial charge in [0.15, 0.2) is 0 Å². The summed E-state index contributed by atoms with van der Waals surface area (Å²) in [7, 11) is 1.90. The second-order valence-electron chi connectivity index (χ2n) is 4.94. The van der Waals surface area contributed by atoms with Crippen LogP contribution in [0.5, 0.6) is 0 Å². The number of ether oxygens (including phenoxy) is 1. The molecule has 0 aliphatic heterocycles. The number of hydrogen-bond acceptors (Lipinski definition) is 3. The summed E-state index contributed by atoms with van der Waals surface area (Å²) in [6.45, 7) is 5.36. The zero-order valence-corrected chi connectivity index (χ0v) is 12.5. The lowest BCUT2D eigenvalue weighted by atomic mass is 10.1. The van der Waals surface area contributed by atoms with Crippen LogP contribution in [0.1, 0.15) is 30.6 Å². The summed E-state index contributed by atoms with van der Waals surface area (Å²) in [5, 5.41) is 3.10. The van der Waals surface area contributed by atoms with Crippen LogP contribution >= 0.6 is 0 Å². The lowest BCUT2D eigenvalue weighted by Crippen LogP contribution is -2.13. The van der Waals surface area contributed by atoms with Crippen LogP contribution in [0.4, 0.5) is 0 Å². The molecule has 0 heterocycles. The molecule has 108 valence electrons. The van der Waals surface area contributed by atoms with Crippen LogP contribution in [0.25, 0.3) is 0 Å². The van der Waals surface area contributed by atoms with Crippen LogP contribution in [0.2, 0.25) is 0 Å². The zero-order chi connectivity index (χ0) is 14.8. The van der Waals surface area contributed by atoms with E-state index in [-0.39, 0.29) is 5.97 Å². The lowest BCUT2D eigenvalue weighted by molar-refractivity contribution is 0.0509. The van der Waals surface area contributed by atoms with E-state index in [0.717, 1.165) is 12.1 Å². The van der Waals surface area contributed by atoms with Gasteiger partial charge in [0.25, 0.3) is 0 Å². The quantitative estimate of drug-likeness (QED) is 0.612. The van der Waals surface area contributed by atoms with Gasteiger partial charge in [-0.15, -0.1) is 5.73 Å². The molecule has 0 spiro atoms. The number of likely N-dealkylation sites (N-methyl/N-ethyl adjacent to an activating group) is 1. The molecule has 0 radical (unpaired) electrons. The van der Waals surface area contributed by atoms with Gasteiger partial charge >= 0.3 is 5.97 Å². The Morgan fingerprint density at radius 1 is 1.35 bits per heavy atom. The third kappa shape index (κ3) is 6.37. The maximum atomic E-state index is 11.8. The lowest BCUT2D eigenvalue weighted by Gasteiger charge is -2.06. The summed E-state index contributed by atoms with van der Waals surface area (Å²) >= 11 is 0. The predicted octanol–water partition coefficient (Wildman–Crippen LogP) is 3.19. The molecule has 1 aromatic rings. The summed E-state index contributed by atoms with van der Waals surface area (Å²) in [6, 6.07) is 9.04. The van der Waals surface area contributed by atoms with Gasteiger partial charge in [-0.3, -0.25) is 0 Å². The largest absolute Gasteiger partial charge is 0.462 e. The van der Waals surface area contributed by atoms with Crippen LogP contribution in [-0.4, -0.2) is 26.2 Å². The molecule has 0 saturated carbocycles. The summed E-state index contributed by atoms with van der Waals surface area (Å²) in [4.78, 5) is 11.8. The normalized spacial score (nSPS) is 10.0. The Kier molecular flexibility index (Phi) is 7.41. The van der Waals surface area contributed by atoms with E-state index in [4.69, 9.17) is 4.74 Å². The highest BCUT2D eigenvalue weighted by Crippen LogP contribution is 2.05. The molecule has 3 heteroatoms. The molecule has 1 N–H and O–H groups in total. The van der Waals surface area contributed by atoms with Gasteiger partial charge in [0.2, 0.25) is 0 Å². The first-order chi connectivity index (χ1) is 9.63. The van der Waals surface area contributed by atoms with Crippen molar-refractivity contribution in [2.24, 2.45) is 5.92 Å². The van der Waals surface area contributed by atoms with Crippen molar-refractivity contribution in [1.29, 1.82) is 0 Å². The van der Waals surface area contributed by atoms with Gasteiger partial charge in [-0.05, 0) is 36.7 Å². The standard InChI is InChI=1S/C17H23NO2/c1-14(2)9-10-15(13-18-3)11-12-20-17(19)16-7-5-4-6-8-16/h4-9,14,18H,11-13H2,1-3H3. The number of benzene rings is 1. The number of esters is 1. The first kappa shape index (κ1) is 16.2. The van der Waals surface area contributed by atoms with E-state index < -0.39 is 0 Å². The highest BCUT2D eigenvalue weighted by atomic mass is 16.5. The Morgan fingerprint density at radius 2 is 2.05 bits per heavy atom. The molecular weight excluding hydrogens is 250 g/mol. The molecule has 1 rings (SSSR count). The Bertz CT molecular complexity index is 471. The van der Waals surface area contributed by atoms with Crippen LogP contribution in [-0.2, 0) is 4.74 Å². The smallest absolute Gasteiger partial charge is 0.338 e. The van der Waals surface area contributed by atoms with Crippen LogP contribution < -0.4 is 5.32 Å². The van der Waals surface area contributed by atoms with Crippen molar-refractivity contribution in [3.05, 3.63) is 53.3 Å². The van der Waals surface area contributed by atoms with E-state index >= 15 is 0 Å². The summed E-state index contributed by atoms with van der Waals surface area (Å²) in [6.07, 6.45) is 2.73.